The first-order valence-corrected chi connectivity index (χ1v) is 24.6. The summed E-state index contributed by atoms with van der Waals surface area (Å²) in [4.78, 5) is 5.57. The maximum atomic E-state index is 10.6. The predicted molar refractivity (Wildman–Crippen MR) is 290 cm³/mol. The molecule has 0 spiro atoms. The van der Waals surface area contributed by atoms with E-state index in [1.807, 2.05) is 18.2 Å². The van der Waals surface area contributed by atoms with Crippen molar-refractivity contribution in [3.63, 3.8) is 0 Å². The number of hydrogen-bond donors (Lipinski definition) is 2. The number of benzene rings is 8. The van der Waals surface area contributed by atoms with Gasteiger partial charge in [0.15, 0.2) is 5.58 Å². The third-order valence-electron chi connectivity index (χ3n) is 14.9. The summed E-state index contributed by atoms with van der Waals surface area (Å²) >= 11 is 0. The average Bonchev–Trinajstić information content (AvgIpc) is 4.11. The van der Waals surface area contributed by atoms with Crippen LogP contribution in [0.15, 0.2) is 233 Å². The van der Waals surface area contributed by atoms with Gasteiger partial charge in [0, 0.05) is 43.8 Å². The van der Waals surface area contributed by atoms with Crippen molar-refractivity contribution in [3.8, 4) is 28.6 Å². The highest BCUT2D eigenvalue weighted by molar-refractivity contribution is 6.26. The van der Waals surface area contributed by atoms with E-state index in [9.17, 15) is 5.26 Å². The first-order valence-electron chi connectivity index (χ1n) is 24.6. The second kappa shape index (κ2) is 16.6. The van der Waals surface area contributed by atoms with Crippen LogP contribution in [0.5, 0.6) is 0 Å². The van der Waals surface area contributed by atoms with Crippen LogP contribution < -0.4 is 10.6 Å². The Labute approximate surface area is 410 Å². The van der Waals surface area contributed by atoms with Crippen molar-refractivity contribution in [2.24, 2.45) is 10.9 Å². The zero-order chi connectivity index (χ0) is 47.0. The van der Waals surface area contributed by atoms with Gasteiger partial charge in [0.1, 0.15) is 23.8 Å². The van der Waals surface area contributed by atoms with Crippen molar-refractivity contribution in [2.45, 2.75) is 31.6 Å². The SMILES string of the molecule is N#Cc1ccc(-n2c3ccccc3c3ccc4c(c5ccccc5n4-c4cccc5c4oc4ccccc45)c32)c(C2NC(C3CC=CC=C3C3=CC=CCC3)=NC(c3ccc(-c4ccccc4)cc3)N2)c1. The molecule has 3 aromatic heterocycles. The quantitative estimate of drug-likeness (QED) is 0.167. The Hall–Kier alpha value is -8.96. The summed E-state index contributed by atoms with van der Waals surface area (Å²) in [7, 11) is 0. The van der Waals surface area contributed by atoms with Gasteiger partial charge < -0.3 is 18.9 Å². The van der Waals surface area contributed by atoms with Crippen LogP contribution in [-0.4, -0.2) is 15.0 Å². The number of fused-ring (bicyclic) bond motifs is 10. The number of hydrogen-bond acceptors (Lipinski definition) is 5. The Bertz CT molecular complexity index is 4170. The van der Waals surface area contributed by atoms with E-state index in [0.29, 0.717) is 5.56 Å². The van der Waals surface area contributed by atoms with Crippen molar-refractivity contribution >= 4 is 71.4 Å². The molecule has 1 aliphatic heterocycles. The van der Waals surface area contributed by atoms with Gasteiger partial charge in [-0.3, -0.25) is 5.32 Å². The highest BCUT2D eigenvalue weighted by Gasteiger charge is 2.34. The Morgan fingerprint density at radius 2 is 1.35 bits per heavy atom. The molecule has 4 heterocycles. The normalized spacial score (nSPS) is 18.0. The molecular weight excluding hydrogens is 869 g/mol. The van der Waals surface area contributed by atoms with E-state index >= 15 is 0 Å². The van der Waals surface area contributed by atoms with Crippen LogP contribution in [0.25, 0.3) is 88.1 Å². The lowest BCUT2D eigenvalue weighted by atomic mass is 9.82. The zero-order valence-electron chi connectivity index (χ0n) is 38.8. The summed E-state index contributed by atoms with van der Waals surface area (Å²) in [6.07, 6.45) is 15.5. The molecule has 7 nitrogen and oxygen atoms in total. The Kier molecular flexibility index (Phi) is 9.61. The van der Waals surface area contributed by atoms with Crippen LogP contribution >= 0.6 is 0 Å². The zero-order valence-corrected chi connectivity index (χ0v) is 38.8. The number of allylic oxidation sites excluding steroid dienone is 7. The summed E-state index contributed by atoms with van der Waals surface area (Å²) < 4.78 is 11.5. The first kappa shape index (κ1) is 41.1. The molecule has 0 bridgehead atoms. The van der Waals surface area contributed by atoms with Crippen molar-refractivity contribution in [1.29, 1.82) is 5.26 Å². The van der Waals surface area contributed by atoms with Crippen LogP contribution in [0.3, 0.4) is 0 Å². The van der Waals surface area contributed by atoms with Gasteiger partial charge in [-0.05, 0) is 95.6 Å². The predicted octanol–water partition coefficient (Wildman–Crippen LogP) is 15.4. The molecule has 3 unspecified atom stereocenters. The van der Waals surface area contributed by atoms with Crippen molar-refractivity contribution < 1.29 is 4.42 Å². The Morgan fingerprint density at radius 3 is 2.18 bits per heavy atom. The number of amidine groups is 1. The van der Waals surface area contributed by atoms with Crippen LogP contribution in [0.4, 0.5) is 0 Å². The second-order valence-corrected chi connectivity index (χ2v) is 18.8. The molecule has 2 aliphatic carbocycles. The van der Waals surface area contributed by atoms with E-state index in [1.54, 1.807) is 0 Å². The number of nitrogens with zero attached hydrogens (tertiary/aromatic N) is 4. The molecule has 71 heavy (non-hydrogen) atoms. The molecule has 0 amide bonds. The minimum atomic E-state index is -0.431. The molecule has 0 saturated heterocycles. The van der Waals surface area contributed by atoms with Gasteiger partial charge in [-0.2, -0.15) is 5.26 Å². The summed E-state index contributed by atoms with van der Waals surface area (Å²) in [6, 6.07) is 64.7. The molecule has 338 valence electrons. The van der Waals surface area contributed by atoms with Gasteiger partial charge in [-0.25, -0.2) is 4.99 Å². The molecule has 8 aromatic carbocycles. The smallest absolute Gasteiger partial charge is 0.159 e. The monoisotopic (exact) mass is 914 g/mol. The van der Waals surface area contributed by atoms with E-state index in [2.05, 4.69) is 220 Å². The van der Waals surface area contributed by atoms with E-state index in [-0.39, 0.29) is 12.1 Å². The highest BCUT2D eigenvalue weighted by atomic mass is 16.3. The summed E-state index contributed by atoms with van der Waals surface area (Å²) in [6.45, 7) is 0. The van der Waals surface area contributed by atoms with Gasteiger partial charge >= 0.3 is 0 Å². The molecule has 11 aromatic rings. The lowest BCUT2D eigenvalue weighted by Crippen LogP contribution is -2.48. The van der Waals surface area contributed by atoms with E-state index in [4.69, 9.17) is 9.41 Å². The number of para-hydroxylation sites is 4. The molecule has 0 fully saturated rings. The molecule has 2 N–H and O–H groups in total. The van der Waals surface area contributed by atoms with E-state index in [0.717, 1.165) is 119 Å². The molecule has 3 atom stereocenters. The number of aromatic nitrogens is 2. The number of rotatable bonds is 7. The summed E-state index contributed by atoms with van der Waals surface area (Å²) in [5.74, 6) is 0.948. The van der Waals surface area contributed by atoms with Crippen molar-refractivity contribution in [3.05, 3.63) is 240 Å². The number of nitriles is 1. The molecule has 0 saturated carbocycles. The lowest BCUT2D eigenvalue weighted by Gasteiger charge is -2.37. The molecular formula is C64H46N6O. The van der Waals surface area contributed by atoms with Crippen LogP contribution in [0.2, 0.25) is 0 Å². The molecule has 7 heteroatoms. The Morgan fingerprint density at radius 1 is 0.606 bits per heavy atom. The van der Waals surface area contributed by atoms with Gasteiger partial charge in [-0.15, -0.1) is 0 Å². The van der Waals surface area contributed by atoms with Crippen LogP contribution in [0.1, 0.15) is 48.3 Å². The summed E-state index contributed by atoms with van der Waals surface area (Å²) in [5, 5.41) is 25.4. The number of furan rings is 1. The fourth-order valence-electron chi connectivity index (χ4n) is 11.6. The van der Waals surface area contributed by atoms with E-state index in [1.165, 1.54) is 16.7 Å². The van der Waals surface area contributed by atoms with Crippen molar-refractivity contribution in [2.75, 3.05) is 0 Å². The van der Waals surface area contributed by atoms with Crippen LogP contribution in [-0.2, 0) is 0 Å². The fourth-order valence-corrected chi connectivity index (χ4v) is 11.6. The third-order valence-corrected chi connectivity index (χ3v) is 14.9. The first-order chi connectivity index (χ1) is 35.2. The van der Waals surface area contributed by atoms with Gasteiger partial charge in [-0.1, -0.05) is 164 Å². The number of aliphatic imine (C=N–C) groups is 1. The van der Waals surface area contributed by atoms with Gasteiger partial charge in [0.05, 0.1) is 45.1 Å². The van der Waals surface area contributed by atoms with Gasteiger partial charge in [0.25, 0.3) is 0 Å². The van der Waals surface area contributed by atoms with Gasteiger partial charge in [0.2, 0.25) is 0 Å². The maximum Gasteiger partial charge on any atom is 0.159 e. The summed E-state index contributed by atoms with van der Waals surface area (Å²) in [5.41, 5.74) is 15.6. The topological polar surface area (TPSA) is 83.2 Å². The molecule has 3 aliphatic rings. The largest absolute Gasteiger partial charge is 0.454 e. The number of nitrogens with one attached hydrogen (secondary N) is 2. The maximum absolute atomic E-state index is 10.6. The standard InChI is InChI=1S/C64H46N6O/c65-39-40-30-36-55(52(38-40)64-67-62(44-33-31-42(32-34-44)41-16-3-1-4-17-41)66-63(68-64)50-23-8-7-20-45(50)43-18-5-2-6-19-43)70-53-26-12-9-21-46(53)48-35-37-56-59(60(48)70)51-24-10-13-27-54(51)69(56)57-28-15-25-49-47-22-11-14-29-58(47)71-61(49)57/h1-5,7-18,20-22,24-38,50,62,64,67H,6,19,23H2,(H,66,68). The lowest BCUT2D eigenvalue weighted by molar-refractivity contribution is 0.398. The second-order valence-electron chi connectivity index (χ2n) is 18.8. The minimum Gasteiger partial charge on any atom is -0.454 e. The van der Waals surface area contributed by atoms with Crippen LogP contribution in [0, 0.1) is 17.2 Å². The Balaban J connectivity index is 0.988. The average molecular weight is 915 g/mol. The van der Waals surface area contributed by atoms with E-state index < -0.39 is 6.17 Å². The minimum absolute atomic E-state index is 0.0197. The third kappa shape index (κ3) is 6.64. The highest BCUT2D eigenvalue weighted by Crippen LogP contribution is 2.45. The fraction of sp³-hybridized carbons (Fsp3) is 0.0938. The molecule has 14 rings (SSSR count). The molecule has 0 radical (unpaired) electrons. The van der Waals surface area contributed by atoms with Crippen molar-refractivity contribution in [1.82, 2.24) is 19.8 Å².